The van der Waals surface area contributed by atoms with E-state index in [9.17, 15) is 4.79 Å². The molecule has 6 heteroatoms. The molecule has 0 radical (unpaired) electrons. The molecule has 1 N–H and O–H groups in total. The molecule has 0 bridgehead atoms. The van der Waals surface area contributed by atoms with Gasteiger partial charge in [0.25, 0.3) is 11.6 Å². The third kappa shape index (κ3) is 3.73. The highest BCUT2D eigenvalue weighted by Gasteiger charge is 2.23. The fourth-order valence-corrected chi connectivity index (χ4v) is 3.83. The molecule has 1 amide bonds. The number of amides is 1. The van der Waals surface area contributed by atoms with Crippen LogP contribution < -0.4 is 5.32 Å². The number of pyridine rings is 1. The van der Waals surface area contributed by atoms with Gasteiger partial charge in [0.1, 0.15) is 11.5 Å². The second-order valence-electron chi connectivity index (χ2n) is 7.56. The van der Waals surface area contributed by atoms with Crippen LogP contribution in [-0.4, -0.2) is 16.0 Å². The Morgan fingerprint density at radius 3 is 2.57 bits per heavy atom. The van der Waals surface area contributed by atoms with Gasteiger partial charge in [0.05, 0.1) is 28.4 Å². The number of hydrogen-bond donors (Lipinski definition) is 1. The van der Waals surface area contributed by atoms with Crippen LogP contribution in [0.4, 0.5) is 0 Å². The van der Waals surface area contributed by atoms with Gasteiger partial charge in [0.2, 0.25) is 0 Å². The van der Waals surface area contributed by atoms with E-state index in [1.54, 1.807) is 6.07 Å². The lowest BCUT2D eigenvalue weighted by atomic mass is 10.0. The van der Waals surface area contributed by atoms with E-state index in [1.807, 2.05) is 57.2 Å². The number of aromatic nitrogens is 2. The number of benzene rings is 1. The van der Waals surface area contributed by atoms with Crippen molar-refractivity contribution in [2.24, 2.45) is 0 Å². The van der Waals surface area contributed by atoms with Crippen molar-refractivity contribution in [1.29, 1.82) is 0 Å². The van der Waals surface area contributed by atoms with Crippen molar-refractivity contribution in [2.45, 2.75) is 46.6 Å². The van der Waals surface area contributed by atoms with Crippen molar-refractivity contribution >= 4 is 17.0 Å². The van der Waals surface area contributed by atoms with Crippen LogP contribution in [0.1, 0.15) is 58.9 Å². The van der Waals surface area contributed by atoms with Gasteiger partial charge in [0, 0.05) is 5.56 Å². The van der Waals surface area contributed by atoms with Crippen molar-refractivity contribution in [3.05, 3.63) is 70.8 Å². The topological polar surface area (TPSA) is 81.2 Å². The maximum absolute atomic E-state index is 13.4. The number of carbonyl (C=O) groups excluding carboxylic acids is 1. The molecule has 0 spiro atoms. The predicted molar refractivity (Wildman–Crippen MR) is 115 cm³/mol. The number of nitrogens with zero attached hydrogens (tertiary/aromatic N) is 2. The summed E-state index contributed by atoms with van der Waals surface area (Å²) in [6.07, 6.45) is 1.80. The summed E-state index contributed by atoms with van der Waals surface area (Å²) in [6.45, 7) is 7.69. The van der Waals surface area contributed by atoms with Gasteiger partial charge in [0.15, 0.2) is 0 Å². The Balaban J connectivity index is 1.77. The second kappa shape index (κ2) is 8.14. The highest BCUT2D eigenvalue weighted by Crippen LogP contribution is 2.31. The van der Waals surface area contributed by atoms with Gasteiger partial charge in [-0.3, -0.25) is 4.79 Å². The van der Waals surface area contributed by atoms with Gasteiger partial charge in [-0.1, -0.05) is 48.8 Å². The van der Waals surface area contributed by atoms with Crippen LogP contribution in [0.5, 0.6) is 0 Å². The third-order valence-corrected chi connectivity index (χ3v) is 5.26. The van der Waals surface area contributed by atoms with Gasteiger partial charge in [-0.15, -0.1) is 0 Å². The number of fused-ring (bicyclic) bond motifs is 1. The van der Waals surface area contributed by atoms with Crippen LogP contribution in [-0.2, 0) is 0 Å². The monoisotopic (exact) mass is 403 g/mol. The summed E-state index contributed by atoms with van der Waals surface area (Å²) in [5, 5.41) is 7.87. The van der Waals surface area contributed by atoms with Crippen LogP contribution in [0.15, 0.2) is 51.4 Å². The largest absolute Gasteiger partial charge is 0.466 e. The van der Waals surface area contributed by atoms with Crippen molar-refractivity contribution in [3.63, 3.8) is 0 Å². The summed E-state index contributed by atoms with van der Waals surface area (Å²) >= 11 is 0. The first-order valence-electron chi connectivity index (χ1n) is 10.2. The zero-order chi connectivity index (χ0) is 21.3. The molecule has 154 valence electrons. The number of carbonyl (C=O) groups is 1. The molecule has 0 aliphatic carbocycles. The van der Waals surface area contributed by atoms with E-state index in [-0.39, 0.29) is 11.9 Å². The molecule has 30 heavy (non-hydrogen) atoms. The molecule has 0 aliphatic rings. The van der Waals surface area contributed by atoms with E-state index in [4.69, 9.17) is 8.94 Å². The molecule has 1 aromatic carbocycles. The van der Waals surface area contributed by atoms with Crippen molar-refractivity contribution in [2.75, 3.05) is 0 Å². The van der Waals surface area contributed by atoms with Crippen molar-refractivity contribution in [1.82, 2.24) is 15.5 Å². The minimum Gasteiger partial charge on any atom is -0.466 e. The molecule has 3 aromatic heterocycles. The number of furan rings is 1. The summed E-state index contributed by atoms with van der Waals surface area (Å²) in [6, 6.07) is 13.7. The number of nitrogens with one attached hydrogen (secondary N) is 1. The molecule has 3 heterocycles. The fourth-order valence-electron chi connectivity index (χ4n) is 3.83. The van der Waals surface area contributed by atoms with Gasteiger partial charge in [-0.05, 0) is 44.9 Å². The Morgan fingerprint density at radius 2 is 1.90 bits per heavy atom. The first kappa shape index (κ1) is 19.9. The Labute approximate surface area is 175 Å². The molecule has 6 nitrogen and oxygen atoms in total. The second-order valence-corrected chi connectivity index (χ2v) is 7.56. The minimum atomic E-state index is -0.171. The molecular formula is C24H25N3O3. The molecular weight excluding hydrogens is 378 g/mol. The zero-order valence-corrected chi connectivity index (χ0v) is 17.7. The average Bonchev–Trinajstić information content (AvgIpc) is 3.29. The average molecular weight is 403 g/mol. The Kier molecular flexibility index (Phi) is 5.40. The first-order valence-corrected chi connectivity index (χ1v) is 10.2. The zero-order valence-electron chi connectivity index (χ0n) is 17.7. The SMILES string of the molecule is CCCC(NC(=O)c1cc(-c2cc(C)oc2C)nc2onc(C)c12)c1ccccc1. The maximum Gasteiger partial charge on any atom is 0.259 e. The normalized spacial score (nSPS) is 12.3. The van der Waals surface area contributed by atoms with Gasteiger partial charge in [-0.2, -0.15) is 0 Å². The molecule has 0 aliphatic heterocycles. The van der Waals surface area contributed by atoms with Crippen LogP contribution in [0.3, 0.4) is 0 Å². The summed E-state index contributed by atoms with van der Waals surface area (Å²) < 4.78 is 11.1. The van der Waals surface area contributed by atoms with E-state index in [0.29, 0.717) is 28.1 Å². The van der Waals surface area contributed by atoms with Gasteiger partial charge >= 0.3 is 0 Å². The predicted octanol–water partition coefficient (Wildman–Crippen LogP) is 5.68. The molecule has 0 saturated heterocycles. The van der Waals surface area contributed by atoms with E-state index in [0.717, 1.165) is 35.5 Å². The molecule has 1 unspecified atom stereocenters. The van der Waals surface area contributed by atoms with Gasteiger partial charge < -0.3 is 14.3 Å². The molecule has 0 saturated carbocycles. The summed E-state index contributed by atoms with van der Waals surface area (Å²) in [4.78, 5) is 18.0. The van der Waals surface area contributed by atoms with Gasteiger partial charge in [-0.25, -0.2) is 4.98 Å². The van der Waals surface area contributed by atoms with Crippen LogP contribution in [0, 0.1) is 20.8 Å². The van der Waals surface area contributed by atoms with E-state index < -0.39 is 0 Å². The van der Waals surface area contributed by atoms with E-state index in [2.05, 4.69) is 22.4 Å². The lowest BCUT2D eigenvalue weighted by Gasteiger charge is -2.19. The lowest BCUT2D eigenvalue weighted by molar-refractivity contribution is 0.0936. The van der Waals surface area contributed by atoms with Crippen molar-refractivity contribution in [3.8, 4) is 11.3 Å². The number of rotatable bonds is 6. The number of aryl methyl sites for hydroxylation is 3. The highest BCUT2D eigenvalue weighted by molar-refractivity contribution is 6.07. The molecule has 4 rings (SSSR count). The van der Waals surface area contributed by atoms with E-state index in [1.165, 1.54) is 0 Å². The standard InChI is InChI=1S/C24H25N3O3/c1-5-9-20(17-10-7-6-8-11-17)25-23(28)19-13-21(18-12-14(2)29-16(18)4)26-24-22(19)15(3)27-30-24/h6-8,10-13,20H,5,9H2,1-4H3,(H,25,28). The third-order valence-electron chi connectivity index (χ3n) is 5.26. The lowest BCUT2D eigenvalue weighted by Crippen LogP contribution is -2.28. The van der Waals surface area contributed by atoms with Crippen molar-refractivity contribution < 1.29 is 13.7 Å². The Hall–Kier alpha value is -3.41. The van der Waals surface area contributed by atoms with E-state index >= 15 is 0 Å². The van der Waals surface area contributed by atoms with Crippen LogP contribution >= 0.6 is 0 Å². The van der Waals surface area contributed by atoms with Crippen LogP contribution in [0.2, 0.25) is 0 Å². The number of hydrogen-bond acceptors (Lipinski definition) is 5. The molecule has 1 atom stereocenters. The quantitative estimate of drug-likeness (QED) is 0.448. The first-order chi connectivity index (χ1) is 14.5. The summed E-state index contributed by atoms with van der Waals surface area (Å²) in [5.41, 5.74) is 4.04. The highest BCUT2D eigenvalue weighted by atomic mass is 16.5. The Bertz CT molecular complexity index is 1190. The molecule has 4 aromatic rings. The maximum atomic E-state index is 13.4. The Morgan fingerprint density at radius 1 is 1.13 bits per heavy atom. The summed E-state index contributed by atoms with van der Waals surface area (Å²) in [5.74, 6) is 1.36. The fraction of sp³-hybridized carbons (Fsp3) is 0.292. The molecule has 0 fully saturated rings. The van der Waals surface area contributed by atoms with Crippen LogP contribution in [0.25, 0.3) is 22.4 Å². The minimum absolute atomic E-state index is 0.0755. The smallest absolute Gasteiger partial charge is 0.259 e. The summed E-state index contributed by atoms with van der Waals surface area (Å²) in [7, 11) is 0.